The van der Waals surface area contributed by atoms with E-state index >= 15 is 0 Å². The number of hydrogen-bond donors (Lipinski definition) is 3. The van der Waals surface area contributed by atoms with E-state index in [9.17, 15) is 42.3 Å². The number of alkyl halides is 3. The number of unbranched alkanes of at least 4 members (excludes halogenated alkanes) is 2. The maximum Gasteiger partial charge on any atom is 0.417 e. The summed E-state index contributed by atoms with van der Waals surface area (Å²) >= 11 is 1.56. The SMILES string of the molecule is Cc1ncsc1-c1ccc(CNC(=O)[C@@H]2C[C@@H](O)CN2C(=O)C(NC(=O)CCOCCOCCCCCOc2ccc(N3C(=O)N(c4ccc(C#N)c(C(F)(F)F)c4)C(=O)C3(C)C)cc2)C(C)(C)C)cc1. The number of anilines is 2. The fraction of sp³-hybridized carbons (Fsp3) is 0.471. The van der Waals surface area contributed by atoms with Gasteiger partial charge in [-0.1, -0.05) is 45.0 Å². The third kappa shape index (κ3) is 13.3. The van der Waals surface area contributed by atoms with Crippen molar-refractivity contribution in [3.63, 3.8) is 0 Å². The summed E-state index contributed by atoms with van der Waals surface area (Å²) in [6.45, 7) is 12.2. The van der Waals surface area contributed by atoms with Crippen molar-refractivity contribution in [3.05, 3.63) is 94.6 Å². The smallest absolute Gasteiger partial charge is 0.417 e. The van der Waals surface area contributed by atoms with Crippen LogP contribution in [0.4, 0.5) is 29.3 Å². The molecular formula is C51H60F3N7O9S. The summed E-state index contributed by atoms with van der Waals surface area (Å²) in [6, 6.07) is 15.8. The summed E-state index contributed by atoms with van der Waals surface area (Å²) < 4.78 is 58.1. The minimum Gasteiger partial charge on any atom is -0.494 e. The highest BCUT2D eigenvalue weighted by Crippen LogP contribution is 2.40. The summed E-state index contributed by atoms with van der Waals surface area (Å²) in [5.74, 6) is -1.43. The highest BCUT2D eigenvalue weighted by atomic mass is 32.1. The van der Waals surface area contributed by atoms with Crippen LogP contribution in [-0.2, 0) is 41.4 Å². The van der Waals surface area contributed by atoms with Gasteiger partial charge in [0.1, 0.15) is 23.4 Å². The summed E-state index contributed by atoms with van der Waals surface area (Å²) in [7, 11) is 0. The lowest BCUT2D eigenvalue weighted by Crippen LogP contribution is -2.57. The van der Waals surface area contributed by atoms with Gasteiger partial charge < -0.3 is 34.9 Å². The molecule has 0 spiro atoms. The Kier molecular flexibility index (Phi) is 17.6. The molecule has 20 heteroatoms. The molecule has 1 unspecified atom stereocenters. The third-order valence-electron chi connectivity index (χ3n) is 12.2. The van der Waals surface area contributed by atoms with Crippen LogP contribution in [0, 0.1) is 23.7 Å². The quantitative estimate of drug-likeness (QED) is 0.0550. The second-order valence-electron chi connectivity index (χ2n) is 19.0. The van der Waals surface area contributed by atoms with Gasteiger partial charge in [0.2, 0.25) is 17.7 Å². The number of aliphatic hydroxyl groups excluding tert-OH is 1. The predicted octanol–water partition coefficient (Wildman–Crippen LogP) is 7.54. The van der Waals surface area contributed by atoms with Gasteiger partial charge in [0.25, 0.3) is 5.91 Å². The van der Waals surface area contributed by atoms with Crippen molar-refractivity contribution >= 4 is 52.4 Å². The normalized spacial score (nSPS) is 17.3. The Bertz CT molecular complexity index is 2580. The summed E-state index contributed by atoms with van der Waals surface area (Å²) in [4.78, 5) is 76.0. The Morgan fingerprint density at radius 2 is 1.59 bits per heavy atom. The minimum atomic E-state index is -4.87. The maximum absolute atomic E-state index is 13.9. The monoisotopic (exact) mass is 1000 g/mol. The molecule has 71 heavy (non-hydrogen) atoms. The van der Waals surface area contributed by atoms with Crippen LogP contribution in [0.25, 0.3) is 10.4 Å². The van der Waals surface area contributed by atoms with Crippen molar-refractivity contribution in [1.29, 1.82) is 5.26 Å². The topological polar surface area (TPSA) is 204 Å². The number of aromatic nitrogens is 1. The van der Waals surface area contributed by atoms with Gasteiger partial charge >= 0.3 is 12.2 Å². The zero-order valence-corrected chi connectivity index (χ0v) is 41.5. The van der Waals surface area contributed by atoms with E-state index < -0.39 is 70.2 Å². The molecule has 0 bridgehead atoms. The van der Waals surface area contributed by atoms with Crippen molar-refractivity contribution < 1.29 is 56.5 Å². The largest absolute Gasteiger partial charge is 0.494 e. The molecule has 0 aliphatic carbocycles. The molecule has 16 nitrogen and oxygen atoms in total. The van der Waals surface area contributed by atoms with Crippen molar-refractivity contribution in [2.75, 3.05) is 49.4 Å². The number of aliphatic hydroxyl groups is 1. The first kappa shape index (κ1) is 53.9. The van der Waals surface area contributed by atoms with Gasteiger partial charge in [-0.05, 0) is 99.0 Å². The molecule has 3 N–H and O–H groups in total. The van der Waals surface area contributed by atoms with Gasteiger partial charge in [-0.15, -0.1) is 11.3 Å². The summed E-state index contributed by atoms with van der Waals surface area (Å²) in [6.07, 6.45) is -3.39. The number of urea groups is 1. The van der Waals surface area contributed by atoms with E-state index in [1.807, 2.05) is 52.0 Å². The van der Waals surface area contributed by atoms with Gasteiger partial charge in [-0.25, -0.2) is 14.7 Å². The number of imide groups is 1. The Labute approximate surface area is 415 Å². The van der Waals surface area contributed by atoms with Crippen molar-refractivity contribution in [3.8, 4) is 22.3 Å². The second-order valence-corrected chi connectivity index (χ2v) is 19.8. The average molecular weight is 1000 g/mol. The number of likely N-dealkylation sites (tertiary alicyclic amines) is 1. The van der Waals surface area contributed by atoms with E-state index in [1.54, 1.807) is 41.1 Å². The number of carbonyl (C=O) groups excluding carboxylic acids is 5. The molecule has 4 aromatic rings. The molecule has 2 saturated heterocycles. The number of nitriles is 1. The van der Waals surface area contributed by atoms with Crippen molar-refractivity contribution in [2.24, 2.45) is 5.41 Å². The molecule has 6 rings (SSSR count). The second kappa shape index (κ2) is 23.2. The predicted molar refractivity (Wildman–Crippen MR) is 259 cm³/mol. The van der Waals surface area contributed by atoms with Crippen LogP contribution in [0.5, 0.6) is 5.75 Å². The number of thiazole rings is 1. The molecule has 2 aliphatic heterocycles. The van der Waals surface area contributed by atoms with Crippen LogP contribution in [0.15, 0.2) is 72.2 Å². The lowest BCUT2D eigenvalue weighted by atomic mass is 9.85. The first-order chi connectivity index (χ1) is 33.6. The van der Waals surface area contributed by atoms with Crippen molar-refractivity contribution in [1.82, 2.24) is 20.5 Å². The number of aryl methyl sites for hydroxylation is 1. The van der Waals surface area contributed by atoms with Crippen LogP contribution >= 0.6 is 11.3 Å². The number of amides is 6. The van der Waals surface area contributed by atoms with Gasteiger partial charge in [-0.3, -0.25) is 24.1 Å². The molecule has 2 fully saturated rings. The van der Waals surface area contributed by atoms with Crippen LogP contribution in [0.3, 0.4) is 0 Å². The molecule has 3 aromatic carbocycles. The van der Waals surface area contributed by atoms with Crippen molar-refractivity contribution in [2.45, 2.75) is 110 Å². The van der Waals surface area contributed by atoms with E-state index in [-0.39, 0.29) is 50.7 Å². The minimum absolute atomic E-state index is 0.00193. The standard InChI is InChI=1S/C51H60F3N7O9S/c1-32-43(71-31-57-32)34-12-10-33(11-13-34)29-56-45(64)41-27-38(62)30-59(41)46(65)44(49(2,3)4)58-42(63)20-23-69-25-24-68-21-8-7-9-22-70-39-18-16-36(17-19-39)61-48(67)60(47(66)50(61,5)6)37-15-14-35(28-55)40(26-37)51(52,53)54/h10-19,26,31,38,41,44,62H,7-9,20-25,27,29-30H2,1-6H3,(H,56,64)(H,58,63)/t38-,41+,44?/m1/s1. The van der Waals surface area contributed by atoms with Gasteiger partial charge in [0, 0.05) is 38.2 Å². The molecule has 3 heterocycles. The highest BCUT2D eigenvalue weighted by Gasteiger charge is 2.53. The molecule has 6 amide bonds. The average Bonchev–Trinajstić information content (AvgIpc) is 3.99. The maximum atomic E-state index is 13.9. The van der Waals surface area contributed by atoms with Crippen LogP contribution in [0.1, 0.15) is 89.1 Å². The third-order valence-corrected chi connectivity index (χ3v) is 13.2. The van der Waals surface area contributed by atoms with Gasteiger partial charge in [-0.2, -0.15) is 18.4 Å². The molecule has 380 valence electrons. The van der Waals surface area contributed by atoms with Gasteiger partial charge in [0.05, 0.1) is 71.5 Å². The first-order valence-corrected chi connectivity index (χ1v) is 24.2. The lowest BCUT2D eigenvalue weighted by Gasteiger charge is -2.35. The van der Waals surface area contributed by atoms with E-state index in [0.717, 1.165) is 53.1 Å². The number of benzene rings is 3. The number of ether oxygens (including phenoxy) is 3. The number of halogens is 3. The number of rotatable bonds is 21. The highest BCUT2D eigenvalue weighted by molar-refractivity contribution is 7.13. The lowest BCUT2D eigenvalue weighted by molar-refractivity contribution is -0.144. The summed E-state index contributed by atoms with van der Waals surface area (Å²) in [5, 5.41) is 25.4. The number of hydrogen-bond acceptors (Lipinski definition) is 12. The van der Waals surface area contributed by atoms with E-state index in [0.29, 0.717) is 42.2 Å². The fourth-order valence-electron chi connectivity index (χ4n) is 8.32. The fourth-order valence-corrected chi connectivity index (χ4v) is 9.14. The zero-order chi connectivity index (χ0) is 51.7. The molecular weight excluding hydrogens is 944 g/mol. The van der Waals surface area contributed by atoms with Crippen LogP contribution in [0.2, 0.25) is 0 Å². The van der Waals surface area contributed by atoms with Crippen LogP contribution in [-0.4, -0.2) is 108 Å². The summed E-state index contributed by atoms with van der Waals surface area (Å²) in [5.41, 5.74) is 0.713. The number of nitrogens with one attached hydrogen (secondary N) is 2. The zero-order valence-electron chi connectivity index (χ0n) is 40.6. The van der Waals surface area contributed by atoms with E-state index in [4.69, 9.17) is 19.5 Å². The first-order valence-electron chi connectivity index (χ1n) is 23.3. The van der Waals surface area contributed by atoms with E-state index in [2.05, 4.69) is 15.6 Å². The van der Waals surface area contributed by atoms with Crippen LogP contribution < -0.4 is 25.2 Å². The number of β-amino-alcohol motifs (C(OH)–C–C–N with tert-alkyl or cyclic N) is 1. The number of carbonyl (C=O) groups is 5. The molecule has 0 saturated carbocycles. The molecule has 0 radical (unpaired) electrons. The Morgan fingerprint density at radius 1 is 0.930 bits per heavy atom. The Balaban J connectivity index is 0.851. The Morgan fingerprint density at radius 3 is 2.23 bits per heavy atom. The van der Waals surface area contributed by atoms with E-state index in [1.165, 1.54) is 29.7 Å². The molecule has 1 aromatic heterocycles. The number of nitrogens with zero attached hydrogens (tertiary/aromatic N) is 5. The van der Waals surface area contributed by atoms with Gasteiger partial charge in [0.15, 0.2) is 0 Å². The molecule has 2 aliphatic rings. The molecule has 3 atom stereocenters. The Hall–Kier alpha value is -6.40.